The number of nitrogens with two attached hydrogens (primary N) is 2. The van der Waals surface area contributed by atoms with Crippen LogP contribution < -0.4 is 16.2 Å². The Morgan fingerprint density at radius 1 is 0.567 bits per heavy atom. The van der Waals surface area contributed by atoms with E-state index in [0.29, 0.717) is 11.3 Å². The number of hydrogen-bond donors (Lipinski definition) is 2. The molecule has 4 aromatic rings. The maximum atomic E-state index is 8.91. The molecule has 30 heavy (non-hydrogen) atoms. The van der Waals surface area contributed by atoms with Gasteiger partial charge in [0.25, 0.3) is 0 Å². The molecule has 0 atom stereocenters. The van der Waals surface area contributed by atoms with Crippen LogP contribution in [0.4, 0.5) is 11.4 Å². The molecule has 0 bridgehead atoms. The largest absolute Gasteiger partial charge is 0.457 e. The summed E-state index contributed by atoms with van der Waals surface area (Å²) in [6.45, 7) is 0. The van der Waals surface area contributed by atoms with Crippen molar-refractivity contribution < 1.29 is 4.74 Å². The van der Waals surface area contributed by atoms with Gasteiger partial charge in [-0.1, -0.05) is 36.4 Å². The zero-order chi connectivity index (χ0) is 20.9. The van der Waals surface area contributed by atoms with Gasteiger partial charge in [0, 0.05) is 17.3 Å². The molecular formula is C26H21N3O. The molecule has 4 aromatic carbocycles. The lowest BCUT2D eigenvalue weighted by Crippen LogP contribution is -2.04. The molecule has 4 rings (SSSR count). The zero-order valence-corrected chi connectivity index (χ0v) is 16.3. The number of benzene rings is 4. The molecule has 0 aromatic heterocycles. The summed E-state index contributed by atoms with van der Waals surface area (Å²) in [5, 5.41) is 8.91. The van der Waals surface area contributed by atoms with E-state index in [2.05, 4.69) is 42.5 Å². The maximum absolute atomic E-state index is 8.91. The molecule has 0 saturated heterocycles. The van der Waals surface area contributed by atoms with E-state index in [0.717, 1.165) is 33.8 Å². The highest BCUT2D eigenvalue weighted by molar-refractivity contribution is 5.51. The molecule has 0 aliphatic rings. The summed E-state index contributed by atoms with van der Waals surface area (Å²) in [6, 6.07) is 33.1. The molecule has 4 N–H and O–H groups in total. The first-order chi connectivity index (χ1) is 14.6. The van der Waals surface area contributed by atoms with Gasteiger partial charge in [-0.25, -0.2) is 0 Å². The molecular weight excluding hydrogens is 370 g/mol. The van der Waals surface area contributed by atoms with Crippen molar-refractivity contribution >= 4 is 11.4 Å². The third-order valence-electron chi connectivity index (χ3n) is 4.97. The van der Waals surface area contributed by atoms with Crippen molar-refractivity contribution in [1.82, 2.24) is 0 Å². The fraction of sp³-hybridized carbons (Fsp3) is 0.0385. The highest BCUT2D eigenvalue weighted by Crippen LogP contribution is 2.34. The summed E-state index contributed by atoms with van der Waals surface area (Å²) >= 11 is 0. The van der Waals surface area contributed by atoms with Crippen LogP contribution in [0.25, 0.3) is 0 Å². The van der Waals surface area contributed by atoms with Crippen molar-refractivity contribution in [2.24, 2.45) is 0 Å². The predicted octanol–water partition coefficient (Wildman–Crippen LogP) is 5.70. The van der Waals surface area contributed by atoms with Gasteiger partial charge in [-0.2, -0.15) is 5.26 Å². The van der Waals surface area contributed by atoms with E-state index >= 15 is 0 Å². The van der Waals surface area contributed by atoms with Crippen LogP contribution in [0.15, 0.2) is 97.1 Å². The molecule has 0 aliphatic heterocycles. The first kappa shape index (κ1) is 19.1. The minimum Gasteiger partial charge on any atom is -0.457 e. The number of nitriles is 1. The van der Waals surface area contributed by atoms with Crippen LogP contribution in [0.3, 0.4) is 0 Å². The minimum absolute atomic E-state index is 0.0511. The van der Waals surface area contributed by atoms with Crippen LogP contribution >= 0.6 is 0 Å². The quantitative estimate of drug-likeness (QED) is 0.338. The van der Waals surface area contributed by atoms with Crippen LogP contribution in [-0.2, 0) is 0 Å². The van der Waals surface area contributed by atoms with Crippen LogP contribution in [0.5, 0.6) is 11.5 Å². The second-order valence-corrected chi connectivity index (χ2v) is 7.07. The highest BCUT2D eigenvalue weighted by Gasteiger charge is 2.17. The lowest BCUT2D eigenvalue weighted by atomic mass is 9.85. The fourth-order valence-corrected chi connectivity index (χ4v) is 3.42. The molecule has 4 heteroatoms. The van der Waals surface area contributed by atoms with Crippen molar-refractivity contribution in [2.45, 2.75) is 5.92 Å². The number of rotatable bonds is 5. The van der Waals surface area contributed by atoms with Gasteiger partial charge in [-0.3, -0.25) is 0 Å². The summed E-state index contributed by atoms with van der Waals surface area (Å²) in [5.74, 6) is 1.47. The Morgan fingerprint density at radius 2 is 0.933 bits per heavy atom. The van der Waals surface area contributed by atoms with Crippen LogP contribution in [0.2, 0.25) is 0 Å². The first-order valence-electron chi connectivity index (χ1n) is 9.61. The predicted molar refractivity (Wildman–Crippen MR) is 120 cm³/mol. The number of anilines is 2. The monoisotopic (exact) mass is 391 g/mol. The molecule has 0 radical (unpaired) electrons. The number of nitrogen functional groups attached to an aromatic ring is 2. The van der Waals surface area contributed by atoms with E-state index in [-0.39, 0.29) is 5.92 Å². The SMILES string of the molecule is N#Cc1ccc(Oc2ccc(C(c3ccc(N)cc3)c3ccc(N)cc3)cc2)cc1. The highest BCUT2D eigenvalue weighted by atomic mass is 16.5. The van der Waals surface area contributed by atoms with Gasteiger partial charge in [0.15, 0.2) is 0 Å². The van der Waals surface area contributed by atoms with Crippen molar-refractivity contribution in [1.29, 1.82) is 5.26 Å². The maximum Gasteiger partial charge on any atom is 0.127 e. The first-order valence-corrected chi connectivity index (χ1v) is 9.61. The van der Waals surface area contributed by atoms with Crippen molar-refractivity contribution in [2.75, 3.05) is 11.5 Å². The van der Waals surface area contributed by atoms with Gasteiger partial charge in [0.2, 0.25) is 0 Å². The van der Waals surface area contributed by atoms with Gasteiger partial charge in [-0.05, 0) is 77.4 Å². The van der Waals surface area contributed by atoms with Gasteiger partial charge in [0.1, 0.15) is 11.5 Å². The third-order valence-corrected chi connectivity index (χ3v) is 4.97. The lowest BCUT2D eigenvalue weighted by Gasteiger charge is -2.20. The average molecular weight is 391 g/mol. The summed E-state index contributed by atoms with van der Waals surface area (Å²) in [7, 11) is 0. The molecule has 0 fully saturated rings. The van der Waals surface area contributed by atoms with E-state index in [1.807, 2.05) is 36.4 Å². The zero-order valence-electron chi connectivity index (χ0n) is 16.3. The standard InChI is InChI=1S/C26H21N3O/c27-17-18-1-13-24(14-2-18)30-25-15-7-21(8-16-25)26(19-3-9-22(28)10-4-19)20-5-11-23(29)12-6-20/h1-16,26H,28-29H2. The second-order valence-electron chi connectivity index (χ2n) is 7.07. The second kappa shape index (κ2) is 8.42. The van der Waals surface area contributed by atoms with Crippen LogP contribution in [-0.4, -0.2) is 0 Å². The van der Waals surface area contributed by atoms with Crippen LogP contribution in [0, 0.1) is 11.3 Å². The van der Waals surface area contributed by atoms with E-state index < -0.39 is 0 Å². The molecule has 0 spiro atoms. The van der Waals surface area contributed by atoms with E-state index in [1.54, 1.807) is 24.3 Å². The van der Waals surface area contributed by atoms with Crippen LogP contribution in [0.1, 0.15) is 28.2 Å². The summed E-state index contributed by atoms with van der Waals surface area (Å²) in [4.78, 5) is 0. The smallest absolute Gasteiger partial charge is 0.127 e. The van der Waals surface area contributed by atoms with Crippen molar-refractivity contribution in [3.8, 4) is 17.6 Å². The number of nitrogens with zero attached hydrogens (tertiary/aromatic N) is 1. The normalized spacial score (nSPS) is 10.5. The third kappa shape index (κ3) is 4.26. The van der Waals surface area contributed by atoms with E-state index in [4.69, 9.17) is 21.5 Å². The Morgan fingerprint density at radius 3 is 1.33 bits per heavy atom. The molecule has 146 valence electrons. The fourth-order valence-electron chi connectivity index (χ4n) is 3.42. The van der Waals surface area contributed by atoms with Gasteiger partial charge >= 0.3 is 0 Å². The van der Waals surface area contributed by atoms with Crippen molar-refractivity contribution in [3.05, 3.63) is 119 Å². The Bertz CT molecular complexity index is 1110. The van der Waals surface area contributed by atoms with Gasteiger partial charge in [0.05, 0.1) is 11.6 Å². The topological polar surface area (TPSA) is 85.1 Å². The molecule has 0 amide bonds. The number of ether oxygens (including phenoxy) is 1. The Labute approximate surface area is 176 Å². The molecule has 0 saturated carbocycles. The molecule has 0 unspecified atom stereocenters. The van der Waals surface area contributed by atoms with E-state index in [1.165, 1.54) is 0 Å². The summed E-state index contributed by atoms with van der Waals surface area (Å²) in [6.07, 6.45) is 0. The van der Waals surface area contributed by atoms with E-state index in [9.17, 15) is 0 Å². The molecule has 4 nitrogen and oxygen atoms in total. The minimum atomic E-state index is 0.0511. The number of hydrogen-bond acceptors (Lipinski definition) is 4. The summed E-state index contributed by atoms with van der Waals surface area (Å²) < 4.78 is 5.91. The summed E-state index contributed by atoms with van der Waals surface area (Å²) in [5.41, 5.74) is 17.3. The average Bonchev–Trinajstić information content (AvgIpc) is 2.78. The Hall–Kier alpha value is -4.23. The van der Waals surface area contributed by atoms with Gasteiger partial charge < -0.3 is 16.2 Å². The molecule has 0 heterocycles. The van der Waals surface area contributed by atoms with Gasteiger partial charge in [-0.15, -0.1) is 0 Å². The Kier molecular flexibility index (Phi) is 5.36. The van der Waals surface area contributed by atoms with Crippen molar-refractivity contribution in [3.63, 3.8) is 0 Å². The Balaban J connectivity index is 1.64. The lowest BCUT2D eigenvalue weighted by molar-refractivity contribution is 0.482. The molecule has 0 aliphatic carbocycles.